The van der Waals surface area contributed by atoms with Crippen LogP contribution in [0.5, 0.6) is 0 Å². The largest absolute Gasteiger partial charge is 0.463 e. The minimum Gasteiger partial charge on any atom is -0.463 e. The molecule has 0 radical (unpaired) electrons. The summed E-state index contributed by atoms with van der Waals surface area (Å²) in [4.78, 5) is 37.6. The quantitative estimate of drug-likeness (QED) is 0.424. The third-order valence-electron chi connectivity index (χ3n) is 4.29. The van der Waals surface area contributed by atoms with Gasteiger partial charge >= 0.3 is 11.9 Å². The number of rotatable bonds is 6. The summed E-state index contributed by atoms with van der Waals surface area (Å²) < 4.78 is 9.81. The van der Waals surface area contributed by atoms with E-state index in [1.807, 2.05) is 30.3 Å². The monoisotopic (exact) mass is 383 g/mol. The number of fused-ring (bicyclic) bond motifs is 1. The maximum atomic E-state index is 12.7. The van der Waals surface area contributed by atoms with E-state index in [1.165, 1.54) is 16.7 Å². The molecule has 1 amide bonds. The van der Waals surface area contributed by atoms with E-state index in [0.29, 0.717) is 6.42 Å². The number of hydrogen-bond donors (Lipinski definition) is 0. The van der Waals surface area contributed by atoms with Crippen molar-refractivity contribution in [2.24, 2.45) is 0 Å². The molecular weight excluding hydrogens is 366 g/mol. The van der Waals surface area contributed by atoms with Crippen LogP contribution in [0, 0.1) is 0 Å². The fourth-order valence-electron chi connectivity index (χ4n) is 3.03. The predicted octanol–water partition coefficient (Wildman–Crippen LogP) is 1.94. The molecule has 0 N–H and O–H groups in total. The lowest BCUT2D eigenvalue weighted by Gasteiger charge is -2.37. The Morgan fingerprint density at radius 2 is 2.04 bits per heavy atom. The molecule has 2 saturated heterocycles. The topological polar surface area (TPSA) is 72.9 Å². The number of carbonyl (C=O) groups excluding carboxylic acids is 3. The molecule has 0 bridgehead atoms. The van der Waals surface area contributed by atoms with Crippen LogP contribution >= 0.6 is 23.4 Å². The summed E-state index contributed by atoms with van der Waals surface area (Å²) >= 11 is 6.92. The lowest BCUT2D eigenvalue weighted by molar-refractivity contribution is -0.164. The molecule has 2 aliphatic rings. The van der Waals surface area contributed by atoms with Gasteiger partial charge in [0.1, 0.15) is 25.1 Å². The summed E-state index contributed by atoms with van der Waals surface area (Å²) in [6.07, 6.45) is 0.381. The van der Waals surface area contributed by atoms with Crippen LogP contribution in [0.1, 0.15) is 18.9 Å². The Morgan fingerprint density at radius 1 is 1.32 bits per heavy atom. The van der Waals surface area contributed by atoms with Gasteiger partial charge in [-0.3, -0.25) is 9.59 Å². The van der Waals surface area contributed by atoms with Gasteiger partial charge in [0.25, 0.3) is 0 Å². The van der Waals surface area contributed by atoms with Gasteiger partial charge in [-0.25, -0.2) is 4.79 Å². The number of β-lactam (4-membered cyclic amide) rings is 1. The Morgan fingerprint density at radius 3 is 2.68 bits per heavy atom. The number of thioether (sulfide) groups is 1. The Balaban J connectivity index is 1.71. The molecule has 0 unspecified atom stereocenters. The third-order valence-corrected chi connectivity index (χ3v) is 6.05. The van der Waals surface area contributed by atoms with Crippen LogP contribution in [0.2, 0.25) is 0 Å². The van der Waals surface area contributed by atoms with E-state index in [-0.39, 0.29) is 30.4 Å². The van der Waals surface area contributed by atoms with Crippen LogP contribution in [0.15, 0.2) is 30.3 Å². The van der Waals surface area contributed by atoms with Crippen molar-refractivity contribution in [2.45, 2.75) is 36.1 Å². The smallest absolute Gasteiger partial charge is 0.330 e. The molecule has 0 saturated carbocycles. The van der Waals surface area contributed by atoms with Gasteiger partial charge in [0.2, 0.25) is 5.91 Å². The number of alkyl halides is 1. The number of halogens is 1. The maximum Gasteiger partial charge on any atom is 0.330 e. The fraction of sp³-hybridized carbons (Fsp3) is 0.471. The van der Waals surface area contributed by atoms with Crippen LogP contribution in [-0.2, 0) is 30.5 Å². The minimum atomic E-state index is -0.782. The third kappa shape index (κ3) is 3.62. The Bertz CT molecular complexity index is 685. The zero-order valence-corrected chi connectivity index (χ0v) is 15.2. The second-order valence-corrected chi connectivity index (χ2v) is 8.16. The van der Waals surface area contributed by atoms with Crippen molar-refractivity contribution in [1.82, 2.24) is 4.90 Å². The van der Waals surface area contributed by atoms with Gasteiger partial charge in [0.05, 0.1) is 16.5 Å². The SMILES string of the molecule is C[C@@]1(COC(=O)CCl)S[C@@H]2CC(=O)N2[C@H]1C(=O)OCc1ccccc1. The molecular formula is C17H18ClNO5S. The van der Waals surface area contributed by atoms with E-state index in [0.717, 1.165) is 5.56 Å². The van der Waals surface area contributed by atoms with Crippen LogP contribution < -0.4 is 0 Å². The molecule has 3 atom stereocenters. The van der Waals surface area contributed by atoms with E-state index >= 15 is 0 Å². The van der Waals surface area contributed by atoms with Gasteiger partial charge in [-0.1, -0.05) is 30.3 Å². The highest BCUT2D eigenvalue weighted by molar-refractivity contribution is 8.01. The molecule has 6 nitrogen and oxygen atoms in total. The maximum absolute atomic E-state index is 12.7. The minimum absolute atomic E-state index is 0.00535. The number of hydrogen-bond acceptors (Lipinski definition) is 6. The highest BCUT2D eigenvalue weighted by Crippen LogP contribution is 2.51. The van der Waals surface area contributed by atoms with E-state index in [1.54, 1.807) is 6.92 Å². The van der Waals surface area contributed by atoms with E-state index in [4.69, 9.17) is 21.1 Å². The number of carbonyl (C=O) groups is 3. The number of amides is 1. The Labute approximate surface area is 154 Å². The van der Waals surface area contributed by atoms with Crippen molar-refractivity contribution in [3.8, 4) is 0 Å². The van der Waals surface area contributed by atoms with Crippen LogP contribution in [0.4, 0.5) is 0 Å². The van der Waals surface area contributed by atoms with Crippen molar-refractivity contribution in [2.75, 3.05) is 12.5 Å². The normalized spacial score (nSPS) is 27.4. The van der Waals surface area contributed by atoms with E-state index in [9.17, 15) is 14.4 Å². The number of benzene rings is 1. The molecule has 0 aliphatic carbocycles. The average Bonchev–Trinajstić information content (AvgIpc) is 2.86. The number of ether oxygens (including phenoxy) is 2. The number of esters is 2. The summed E-state index contributed by atoms with van der Waals surface area (Å²) in [5.74, 6) is -1.39. The lowest BCUT2D eigenvalue weighted by atomic mass is 9.97. The van der Waals surface area contributed by atoms with Crippen molar-refractivity contribution in [3.05, 3.63) is 35.9 Å². The zero-order chi connectivity index (χ0) is 18.0. The van der Waals surface area contributed by atoms with E-state index in [2.05, 4.69) is 0 Å². The van der Waals surface area contributed by atoms with Crippen molar-refractivity contribution >= 4 is 41.2 Å². The molecule has 1 aromatic carbocycles. The second kappa shape index (κ2) is 7.25. The standard InChI is InChI=1S/C17H18ClNO5S/c1-17(10-24-14(21)8-18)15(19-12(20)7-13(19)25-17)16(22)23-9-11-5-3-2-4-6-11/h2-6,13,15H,7-10H2,1H3/t13-,15+,17+/m1/s1. The zero-order valence-electron chi connectivity index (χ0n) is 13.6. The van der Waals surface area contributed by atoms with Gasteiger partial charge in [0, 0.05) is 0 Å². The predicted molar refractivity (Wildman–Crippen MR) is 93.0 cm³/mol. The summed E-state index contributed by atoms with van der Waals surface area (Å²) in [7, 11) is 0. The fourth-order valence-corrected chi connectivity index (χ4v) is 4.77. The summed E-state index contributed by atoms with van der Waals surface area (Å²) in [5.41, 5.74) is 0.864. The summed E-state index contributed by atoms with van der Waals surface area (Å²) in [6.45, 7) is 1.93. The highest BCUT2D eigenvalue weighted by atomic mass is 35.5. The Hall–Kier alpha value is -1.73. The second-order valence-electron chi connectivity index (χ2n) is 6.18. The molecule has 8 heteroatoms. The van der Waals surface area contributed by atoms with Crippen LogP contribution in [0.3, 0.4) is 0 Å². The van der Waals surface area contributed by atoms with Gasteiger partial charge in [0.15, 0.2) is 0 Å². The molecule has 134 valence electrons. The molecule has 25 heavy (non-hydrogen) atoms. The van der Waals surface area contributed by atoms with Gasteiger partial charge in [-0.2, -0.15) is 0 Å². The Kier molecular flexibility index (Phi) is 5.24. The highest BCUT2D eigenvalue weighted by Gasteiger charge is 2.61. The molecule has 0 spiro atoms. The van der Waals surface area contributed by atoms with Crippen molar-refractivity contribution in [3.63, 3.8) is 0 Å². The average molecular weight is 384 g/mol. The summed E-state index contributed by atoms with van der Waals surface area (Å²) in [6, 6.07) is 8.53. The number of nitrogens with zero attached hydrogens (tertiary/aromatic N) is 1. The first kappa shape index (κ1) is 18.1. The van der Waals surface area contributed by atoms with Crippen molar-refractivity contribution in [1.29, 1.82) is 0 Å². The van der Waals surface area contributed by atoms with E-state index < -0.39 is 22.7 Å². The molecule has 3 rings (SSSR count). The molecule has 2 fully saturated rings. The van der Waals surface area contributed by atoms with Crippen molar-refractivity contribution < 1.29 is 23.9 Å². The van der Waals surface area contributed by atoms with Crippen LogP contribution in [-0.4, -0.2) is 51.4 Å². The van der Waals surface area contributed by atoms with Crippen LogP contribution in [0.25, 0.3) is 0 Å². The molecule has 1 aromatic rings. The first-order valence-corrected chi connectivity index (χ1v) is 9.27. The van der Waals surface area contributed by atoms with Gasteiger partial charge < -0.3 is 14.4 Å². The first-order chi connectivity index (χ1) is 11.9. The summed E-state index contributed by atoms with van der Waals surface area (Å²) in [5, 5.41) is -0.0820. The van der Waals surface area contributed by atoms with Gasteiger partial charge in [-0.05, 0) is 12.5 Å². The molecule has 2 aliphatic heterocycles. The molecule has 0 aromatic heterocycles. The molecule has 2 heterocycles. The first-order valence-electron chi connectivity index (χ1n) is 7.86. The lowest BCUT2D eigenvalue weighted by Crippen LogP contribution is -2.58. The van der Waals surface area contributed by atoms with Gasteiger partial charge in [-0.15, -0.1) is 23.4 Å².